The van der Waals surface area contributed by atoms with Gasteiger partial charge in [-0.3, -0.25) is 0 Å². The Balaban J connectivity index is 1.08. The molecule has 6 nitrogen and oxygen atoms in total. The van der Waals surface area contributed by atoms with Gasteiger partial charge in [-0.05, 0) is 165 Å². The third-order valence-corrected chi connectivity index (χ3v) is 14.5. The van der Waals surface area contributed by atoms with Crippen molar-refractivity contribution in [3.63, 3.8) is 0 Å². The fourth-order valence-corrected chi connectivity index (χ4v) is 10.8. The molecular weight excluding hydrogens is 733 g/mol. The van der Waals surface area contributed by atoms with Gasteiger partial charge in [-0.1, -0.05) is 108 Å². The third kappa shape index (κ3) is 11.2. The van der Waals surface area contributed by atoms with Crippen molar-refractivity contribution in [2.45, 2.75) is 153 Å². The first-order chi connectivity index (χ1) is 28.7. The van der Waals surface area contributed by atoms with Gasteiger partial charge in [-0.2, -0.15) is 0 Å². The van der Waals surface area contributed by atoms with Crippen molar-refractivity contribution in [2.75, 3.05) is 13.2 Å². The fraction of sp³-hybridized carbons (Fsp3) is 0.547. The summed E-state index contributed by atoms with van der Waals surface area (Å²) in [4.78, 5) is 24.6. The lowest BCUT2D eigenvalue weighted by Gasteiger charge is -2.45. The Bertz CT molecular complexity index is 1760. The monoisotopic (exact) mass is 803 g/mol. The Morgan fingerprint density at radius 1 is 0.627 bits per heavy atom. The van der Waals surface area contributed by atoms with E-state index in [4.69, 9.17) is 9.47 Å². The molecule has 3 aliphatic rings. The van der Waals surface area contributed by atoms with Crippen LogP contribution in [-0.4, -0.2) is 35.4 Å². The molecule has 318 valence electrons. The van der Waals surface area contributed by atoms with E-state index in [0.29, 0.717) is 23.3 Å². The Morgan fingerprint density at radius 3 is 1.64 bits per heavy atom. The second-order valence-electron chi connectivity index (χ2n) is 18.1. The number of hydrogen-bond acceptors (Lipinski definition) is 6. The van der Waals surface area contributed by atoms with Crippen LogP contribution in [0.5, 0.6) is 11.5 Å². The molecular formula is C53H70O6. The molecule has 59 heavy (non-hydrogen) atoms. The number of aliphatic hydroxyl groups excluding tert-OH is 2. The lowest BCUT2D eigenvalue weighted by atomic mass is 9.60. The van der Waals surface area contributed by atoms with Crippen molar-refractivity contribution in [2.24, 2.45) is 17.8 Å². The average Bonchev–Trinajstić information content (AvgIpc) is 3.29. The summed E-state index contributed by atoms with van der Waals surface area (Å²) in [5.41, 5.74) is 6.87. The van der Waals surface area contributed by atoms with Crippen LogP contribution in [0, 0.1) is 17.8 Å². The summed E-state index contributed by atoms with van der Waals surface area (Å²) in [6.45, 7) is 10.9. The summed E-state index contributed by atoms with van der Waals surface area (Å²) >= 11 is 0. The van der Waals surface area contributed by atoms with E-state index in [2.05, 4.69) is 45.2 Å². The van der Waals surface area contributed by atoms with Gasteiger partial charge in [0.25, 0.3) is 0 Å². The Kier molecular flexibility index (Phi) is 16.2. The molecule has 0 amide bonds. The van der Waals surface area contributed by atoms with Crippen molar-refractivity contribution >= 4 is 11.9 Å². The molecule has 0 atom stereocenters. The van der Waals surface area contributed by atoms with Crippen molar-refractivity contribution < 1.29 is 29.3 Å². The number of unbranched alkanes of at least 4 members (excludes halogenated alkanes) is 4. The van der Waals surface area contributed by atoms with Crippen LogP contribution in [0.15, 0.2) is 91.0 Å². The smallest absolute Gasteiger partial charge is 0.341 e. The van der Waals surface area contributed by atoms with Crippen molar-refractivity contribution in [3.8, 4) is 11.5 Å². The number of carbonyl (C=O) groups is 2. The highest BCUT2D eigenvalue weighted by molar-refractivity contribution is 5.90. The zero-order valence-electron chi connectivity index (χ0n) is 36.0. The number of rotatable bonds is 18. The zero-order chi connectivity index (χ0) is 41.8. The zero-order valence-corrected chi connectivity index (χ0v) is 36.0. The highest BCUT2D eigenvalue weighted by Gasteiger charge is 2.41. The molecule has 3 aromatic rings. The largest absolute Gasteiger partial charge is 0.423 e. The van der Waals surface area contributed by atoms with E-state index >= 15 is 0 Å². The quantitative estimate of drug-likeness (QED) is 0.0576. The molecule has 6 heteroatoms. The summed E-state index contributed by atoms with van der Waals surface area (Å²) in [5, 5.41) is 18.6. The van der Waals surface area contributed by atoms with Crippen molar-refractivity contribution in [1.82, 2.24) is 0 Å². The molecule has 0 saturated heterocycles. The number of aliphatic hydroxyl groups is 2. The molecule has 0 aliphatic heterocycles. The molecule has 0 aromatic heterocycles. The van der Waals surface area contributed by atoms with E-state index in [1.54, 1.807) is 16.7 Å². The van der Waals surface area contributed by atoms with Gasteiger partial charge in [0.15, 0.2) is 0 Å². The fourth-order valence-electron chi connectivity index (χ4n) is 10.8. The number of carbonyl (C=O) groups excluding carboxylic acids is 2. The van der Waals surface area contributed by atoms with Crippen LogP contribution < -0.4 is 9.47 Å². The normalized spacial score (nSPS) is 22.0. The first-order valence-electron chi connectivity index (χ1n) is 23.0. The van der Waals surface area contributed by atoms with Crippen molar-refractivity contribution in [1.29, 1.82) is 0 Å². The van der Waals surface area contributed by atoms with E-state index in [1.807, 2.05) is 48.5 Å². The highest BCUT2D eigenvalue weighted by Crippen LogP contribution is 2.52. The van der Waals surface area contributed by atoms with Crippen LogP contribution in [0.2, 0.25) is 0 Å². The van der Waals surface area contributed by atoms with Gasteiger partial charge in [0.2, 0.25) is 0 Å². The summed E-state index contributed by atoms with van der Waals surface area (Å²) < 4.78 is 10.9. The molecule has 0 radical (unpaired) electrons. The highest BCUT2D eigenvalue weighted by atomic mass is 16.5. The number of ether oxygens (including phenoxy) is 2. The van der Waals surface area contributed by atoms with E-state index in [-0.39, 0.29) is 16.6 Å². The minimum absolute atomic E-state index is 0.0103. The van der Waals surface area contributed by atoms with Gasteiger partial charge in [-0.25, -0.2) is 9.59 Å². The Morgan fingerprint density at radius 2 is 1.14 bits per heavy atom. The predicted molar refractivity (Wildman–Crippen MR) is 238 cm³/mol. The molecule has 0 heterocycles. The molecule has 6 rings (SSSR count). The first-order valence-corrected chi connectivity index (χ1v) is 23.0. The van der Waals surface area contributed by atoms with Gasteiger partial charge in [0.1, 0.15) is 11.5 Å². The Hall–Kier alpha value is -4.00. The molecule has 3 aliphatic carbocycles. The minimum atomic E-state index is -0.641. The van der Waals surface area contributed by atoms with Crippen LogP contribution in [0.3, 0.4) is 0 Å². The summed E-state index contributed by atoms with van der Waals surface area (Å²) in [6, 6.07) is 23.1. The second kappa shape index (κ2) is 21.5. The molecule has 3 saturated carbocycles. The second-order valence-corrected chi connectivity index (χ2v) is 18.1. The van der Waals surface area contributed by atoms with Crippen LogP contribution in [0.1, 0.15) is 169 Å². The standard InChI is InChI=1S/C53H70O6/c1-5-7-8-9-10-11-39-12-14-42(15-13-39)45-20-29-50(40(6-2)34-45)44-18-16-41(17-19-44)43-30-32-53(33-31-43,46-21-25-48(26-22-46)58-51(56)37(3)35-54)47-23-27-49(28-24-47)59-52(57)38(4)36-55/h20-29,34,39,41-44,54-55H,3-19,30-33,35-36H2,1-2H3. The molecule has 0 spiro atoms. The van der Waals surface area contributed by atoms with Gasteiger partial charge in [0, 0.05) is 5.41 Å². The number of esters is 2. The van der Waals surface area contributed by atoms with Gasteiger partial charge in [-0.15, -0.1) is 0 Å². The van der Waals surface area contributed by atoms with E-state index in [0.717, 1.165) is 61.0 Å². The molecule has 3 fully saturated rings. The van der Waals surface area contributed by atoms with Crippen molar-refractivity contribution in [3.05, 3.63) is 119 Å². The molecule has 3 aromatic carbocycles. The summed E-state index contributed by atoms with van der Waals surface area (Å²) in [6.07, 6.45) is 24.4. The van der Waals surface area contributed by atoms with Crippen LogP contribution in [0.25, 0.3) is 0 Å². The van der Waals surface area contributed by atoms with Crippen LogP contribution in [-0.2, 0) is 21.4 Å². The maximum atomic E-state index is 12.3. The maximum Gasteiger partial charge on any atom is 0.341 e. The Labute approximate surface area is 354 Å². The molecule has 0 bridgehead atoms. The predicted octanol–water partition coefficient (Wildman–Crippen LogP) is 12.2. The maximum absolute atomic E-state index is 12.3. The topological polar surface area (TPSA) is 93.1 Å². The van der Waals surface area contributed by atoms with Crippen LogP contribution in [0.4, 0.5) is 0 Å². The molecule has 2 N–H and O–H groups in total. The first kappa shape index (κ1) is 44.5. The lowest BCUT2D eigenvalue weighted by Crippen LogP contribution is -2.35. The summed E-state index contributed by atoms with van der Waals surface area (Å²) in [5.74, 6) is 3.29. The number of benzene rings is 3. The van der Waals surface area contributed by atoms with Gasteiger partial charge >= 0.3 is 11.9 Å². The number of aryl methyl sites for hydroxylation is 1. The summed E-state index contributed by atoms with van der Waals surface area (Å²) in [7, 11) is 0. The van der Waals surface area contributed by atoms with E-state index in [1.165, 1.54) is 89.9 Å². The van der Waals surface area contributed by atoms with E-state index < -0.39 is 25.2 Å². The minimum Gasteiger partial charge on any atom is -0.423 e. The lowest BCUT2D eigenvalue weighted by molar-refractivity contribution is -0.131. The van der Waals surface area contributed by atoms with E-state index in [9.17, 15) is 19.8 Å². The van der Waals surface area contributed by atoms with Gasteiger partial charge < -0.3 is 19.7 Å². The van der Waals surface area contributed by atoms with Crippen LogP contribution >= 0.6 is 0 Å². The third-order valence-electron chi connectivity index (χ3n) is 14.5. The number of hydrogen-bond donors (Lipinski definition) is 2. The van der Waals surface area contributed by atoms with Gasteiger partial charge in [0.05, 0.1) is 24.4 Å². The average molecular weight is 803 g/mol. The molecule has 0 unspecified atom stereocenters. The SMILES string of the molecule is C=C(CO)C(=O)Oc1ccc(C2(c3ccc(OC(=O)C(=C)CO)cc3)CCC(C3CCC(c4ccc(C5CCC(CCCCCCC)CC5)cc4CC)CC3)CC2)cc1.